The summed E-state index contributed by atoms with van der Waals surface area (Å²) in [5.41, 5.74) is 0.464. The van der Waals surface area contributed by atoms with Crippen LogP contribution in [0, 0.1) is 0 Å². The van der Waals surface area contributed by atoms with Crippen molar-refractivity contribution < 1.29 is 13.9 Å². The molecule has 0 aliphatic heterocycles. The number of alkyl halides is 2. The van der Waals surface area contributed by atoms with Gasteiger partial charge in [-0.25, -0.2) is 9.67 Å². The fourth-order valence-corrected chi connectivity index (χ4v) is 1.36. The Hall–Kier alpha value is -1.69. The van der Waals surface area contributed by atoms with E-state index in [9.17, 15) is 13.9 Å². The highest BCUT2D eigenvalue weighted by atomic mass is 35.5. The number of rotatable bonds is 2. The Labute approximate surface area is 94.1 Å². The van der Waals surface area contributed by atoms with E-state index in [1.807, 2.05) is 0 Å². The summed E-state index contributed by atoms with van der Waals surface area (Å²) in [7, 11) is 0. The van der Waals surface area contributed by atoms with Crippen LogP contribution in [-0.2, 0) is 0 Å². The van der Waals surface area contributed by atoms with Crippen LogP contribution in [0.5, 0.6) is 5.75 Å². The first-order chi connectivity index (χ1) is 7.58. The number of hydrogen-bond donors (Lipinski definition) is 1. The molecule has 4 nitrogen and oxygen atoms in total. The molecule has 0 unspecified atom stereocenters. The Morgan fingerprint density at radius 1 is 1.44 bits per heavy atom. The number of hydrogen-bond acceptors (Lipinski definition) is 3. The standard InChI is InChI=1S/C9H6ClF2N3O/c10-8-3-7(16)5(4-13-8)6-1-2-15(14-6)9(11)12/h1-4,9H,(H,13,16). The number of nitrogens with zero attached hydrogens (tertiary/aromatic N) is 3. The van der Waals surface area contributed by atoms with Gasteiger partial charge in [-0.15, -0.1) is 0 Å². The summed E-state index contributed by atoms with van der Waals surface area (Å²) in [6.45, 7) is -2.71. The SMILES string of the molecule is Oc1cc(Cl)ncc1-c1ccn(C(F)F)n1. The van der Waals surface area contributed by atoms with E-state index in [0.717, 1.165) is 6.20 Å². The Kier molecular flexibility index (Phi) is 2.74. The number of aromatic hydroxyl groups is 1. The average molecular weight is 246 g/mol. The highest BCUT2D eigenvalue weighted by molar-refractivity contribution is 6.29. The van der Waals surface area contributed by atoms with Crippen LogP contribution in [0.25, 0.3) is 11.3 Å². The molecular weight excluding hydrogens is 240 g/mol. The predicted octanol–water partition coefficient (Wildman–Crippen LogP) is 2.70. The molecule has 16 heavy (non-hydrogen) atoms. The highest BCUT2D eigenvalue weighted by Crippen LogP contribution is 2.29. The van der Waals surface area contributed by atoms with Crippen LogP contribution in [0.4, 0.5) is 8.78 Å². The first-order valence-corrected chi connectivity index (χ1v) is 4.64. The predicted molar refractivity (Wildman–Crippen MR) is 53.4 cm³/mol. The van der Waals surface area contributed by atoms with Crippen molar-refractivity contribution >= 4 is 11.6 Å². The summed E-state index contributed by atoms with van der Waals surface area (Å²) in [5, 5.41) is 13.2. The topological polar surface area (TPSA) is 50.9 Å². The summed E-state index contributed by atoms with van der Waals surface area (Å²) >= 11 is 5.54. The lowest BCUT2D eigenvalue weighted by Gasteiger charge is -2.01. The molecule has 7 heteroatoms. The third kappa shape index (κ3) is 1.96. The summed E-state index contributed by atoms with van der Waals surface area (Å²) < 4.78 is 25.0. The minimum Gasteiger partial charge on any atom is -0.507 e. The lowest BCUT2D eigenvalue weighted by molar-refractivity contribution is 0.0568. The quantitative estimate of drug-likeness (QED) is 0.828. The first kappa shape index (κ1) is 10.8. The van der Waals surface area contributed by atoms with Crippen LogP contribution in [0.15, 0.2) is 24.5 Å². The molecule has 2 heterocycles. The van der Waals surface area contributed by atoms with E-state index in [2.05, 4.69) is 10.1 Å². The van der Waals surface area contributed by atoms with E-state index in [1.54, 1.807) is 0 Å². The van der Waals surface area contributed by atoms with Gasteiger partial charge >= 0.3 is 6.55 Å². The molecule has 0 saturated heterocycles. The van der Waals surface area contributed by atoms with Gasteiger partial charge in [0.2, 0.25) is 0 Å². The van der Waals surface area contributed by atoms with Crippen molar-refractivity contribution in [3.05, 3.63) is 29.7 Å². The molecule has 0 amide bonds. The minimum absolute atomic E-state index is 0.120. The van der Waals surface area contributed by atoms with E-state index < -0.39 is 6.55 Å². The van der Waals surface area contributed by atoms with Gasteiger partial charge in [-0.1, -0.05) is 11.6 Å². The summed E-state index contributed by atoms with van der Waals surface area (Å²) in [6, 6.07) is 2.58. The van der Waals surface area contributed by atoms with Crippen LogP contribution >= 0.6 is 11.6 Å². The van der Waals surface area contributed by atoms with Crippen molar-refractivity contribution in [1.29, 1.82) is 0 Å². The van der Waals surface area contributed by atoms with Crippen LogP contribution < -0.4 is 0 Å². The zero-order valence-corrected chi connectivity index (χ0v) is 8.57. The third-order valence-electron chi connectivity index (χ3n) is 1.93. The molecule has 0 saturated carbocycles. The van der Waals surface area contributed by atoms with E-state index in [1.165, 1.54) is 18.3 Å². The summed E-state index contributed by atoms with van der Waals surface area (Å²) in [6.07, 6.45) is 2.39. The maximum Gasteiger partial charge on any atom is 0.333 e. The van der Waals surface area contributed by atoms with Gasteiger partial charge in [-0.3, -0.25) is 0 Å². The fourth-order valence-electron chi connectivity index (χ4n) is 1.21. The molecule has 1 N–H and O–H groups in total. The van der Waals surface area contributed by atoms with Crippen molar-refractivity contribution in [2.24, 2.45) is 0 Å². The largest absolute Gasteiger partial charge is 0.507 e. The molecule has 0 aliphatic carbocycles. The highest BCUT2D eigenvalue weighted by Gasteiger charge is 2.12. The second kappa shape index (κ2) is 4.05. The summed E-state index contributed by atoms with van der Waals surface area (Å²) in [5.74, 6) is -0.153. The molecule has 0 radical (unpaired) electrons. The maximum absolute atomic E-state index is 12.3. The van der Waals surface area contributed by atoms with Gasteiger partial charge in [0.1, 0.15) is 10.9 Å². The maximum atomic E-state index is 12.3. The summed E-state index contributed by atoms with van der Waals surface area (Å²) in [4.78, 5) is 3.74. The van der Waals surface area contributed by atoms with Crippen LogP contribution in [0.1, 0.15) is 6.55 Å². The van der Waals surface area contributed by atoms with Crippen molar-refractivity contribution in [1.82, 2.24) is 14.8 Å². The van der Waals surface area contributed by atoms with E-state index in [4.69, 9.17) is 11.6 Å². The average Bonchev–Trinajstić information content (AvgIpc) is 2.66. The third-order valence-corrected chi connectivity index (χ3v) is 2.14. The van der Waals surface area contributed by atoms with Gasteiger partial charge in [-0.2, -0.15) is 13.9 Å². The lowest BCUT2D eigenvalue weighted by atomic mass is 10.2. The van der Waals surface area contributed by atoms with E-state index in [-0.39, 0.29) is 22.2 Å². The fraction of sp³-hybridized carbons (Fsp3) is 0.111. The molecule has 0 atom stereocenters. The number of halogens is 3. The number of aromatic nitrogens is 3. The molecule has 0 spiro atoms. The normalized spacial score (nSPS) is 11.0. The van der Waals surface area contributed by atoms with Gasteiger partial charge < -0.3 is 5.11 Å². The van der Waals surface area contributed by atoms with Gasteiger partial charge in [0.15, 0.2) is 0 Å². The van der Waals surface area contributed by atoms with Crippen molar-refractivity contribution in [2.75, 3.05) is 0 Å². The Morgan fingerprint density at radius 2 is 2.19 bits per heavy atom. The van der Waals surface area contributed by atoms with E-state index in [0.29, 0.717) is 4.68 Å². The smallest absolute Gasteiger partial charge is 0.333 e. The Balaban J connectivity index is 2.42. The molecule has 0 aromatic carbocycles. The second-order valence-corrected chi connectivity index (χ2v) is 3.37. The molecule has 0 fully saturated rings. The van der Waals surface area contributed by atoms with Crippen molar-refractivity contribution in [3.63, 3.8) is 0 Å². The van der Waals surface area contributed by atoms with E-state index >= 15 is 0 Å². The van der Waals surface area contributed by atoms with Crippen molar-refractivity contribution in [3.8, 4) is 17.0 Å². The van der Waals surface area contributed by atoms with Gasteiger partial charge in [0, 0.05) is 18.5 Å². The van der Waals surface area contributed by atoms with Crippen LogP contribution in [0.2, 0.25) is 5.15 Å². The van der Waals surface area contributed by atoms with Gasteiger partial charge in [-0.05, 0) is 6.07 Å². The van der Waals surface area contributed by atoms with Gasteiger partial charge in [0.05, 0.1) is 11.3 Å². The molecule has 2 aromatic heterocycles. The molecule has 2 rings (SSSR count). The molecular formula is C9H6ClF2N3O. The minimum atomic E-state index is -2.71. The van der Waals surface area contributed by atoms with Gasteiger partial charge in [0.25, 0.3) is 0 Å². The van der Waals surface area contributed by atoms with Crippen LogP contribution in [0.3, 0.4) is 0 Å². The number of pyridine rings is 1. The molecule has 0 aliphatic rings. The first-order valence-electron chi connectivity index (χ1n) is 4.26. The second-order valence-electron chi connectivity index (χ2n) is 2.98. The molecule has 0 bridgehead atoms. The zero-order valence-electron chi connectivity index (χ0n) is 7.81. The monoisotopic (exact) mass is 245 g/mol. The molecule has 84 valence electrons. The Bertz CT molecular complexity index is 515. The molecule has 2 aromatic rings. The zero-order chi connectivity index (χ0) is 11.7. The van der Waals surface area contributed by atoms with Crippen LogP contribution in [-0.4, -0.2) is 19.9 Å². The Morgan fingerprint density at radius 3 is 2.75 bits per heavy atom. The van der Waals surface area contributed by atoms with Crippen molar-refractivity contribution in [2.45, 2.75) is 6.55 Å². The lowest BCUT2D eigenvalue weighted by Crippen LogP contribution is -1.98.